The normalized spacial score (nSPS) is 17.8. The molecule has 6 nitrogen and oxygen atoms in total. The van der Waals surface area contributed by atoms with Gasteiger partial charge >= 0.3 is 0 Å². The first-order chi connectivity index (χ1) is 14.6. The van der Waals surface area contributed by atoms with Crippen molar-refractivity contribution in [2.24, 2.45) is 5.92 Å². The SMILES string of the molecule is Cc1ccc(C(=O)N2CCC(Cc3ccc(C(=O)N4CCOCC4)cc3)CC2)cn1. The molecule has 6 heteroatoms. The molecule has 2 fully saturated rings. The predicted molar refractivity (Wildman–Crippen MR) is 114 cm³/mol. The van der Waals surface area contributed by atoms with E-state index >= 15 is 0 Å². The van der Waals surface area contributed by atoms with Crippen molar-refractivity contribution < 1.29 is 14.3 Å². The van der Waals surface area contributed by atoms with Crippen LogP contribution in [-0.2, 0) is 11.2 Å². The molecule has 2 aliphatic rings. The van der Waals surface area contributed by atoms with Crippen LogP contribution in [0.15, 0.2) is 42.6 Å². The maximum absolute atomic E-state index is 12.6. The summed E-state index contributed by atoms with van der Waals surface area (Å²) in [7, 11) is 0. The average molecular weight is 408 g/mol. The highest BCUT2D eigenvalue weighted by Gasteiger charge is 2.24. The molecule has 1 aromatic heterocycles. The summed E-state index contributed by atoms with van der Waals surface area (Å²) in [6.45, 7) is 6.05. The Labute approximate surface area is 177 Å². The van der Waals surface area contributed by atoms with E-state index in [4.69, 9.17) is 4.74 Å². The molecule has 0 radical (unpaired) electrons. The Bertz CT molecular complexity index is 866. The van der Waals surface area contributed by atoms with Crippen LogP contribution >= 0.6 is 0 Å². The minimum Gasteiger partial charge on any atom is -0.378 e. The Kier molecular flexibility index (Phi) is 6.43. The third-order valence-corrected chi connectivity index (χ3v) is 6.08. The fourth-order valence-corrected chi connectivity index (χ4v) is 4.18. The van der Waals surface area contributed by atoms with E-state index in [2.05, 4.69) is 17.1 Å². The highest BCUT2D eigenvalue weighted by atomic mass is 16.5. The van der Waals surface area contributed by atoms with Gasteiger partial charge in [-0.1, -0.05) is 12.1 Å². The molecule has 4 rings (SSSR count). The highest BCUT2D eigenvalue weighted by Crippen LogP contribution is 2.23. The lowest BCUT2D eigenvalue weighted by Gasteiger charge is -2.32. The average Bonchev–Trinajstić information content (AvgIpc) is 2.80. The summed E-state index contributed by atoms with van der Waals surface area (Å²) >= 11 is 0. The number of likely N-dealkylation sites (tertiary alicyclic amines) is 1. The Morgan fingerprint density at radius 2 is 1.50 bits per heavy atom. The fraction of sp³-hybridized carbons (Fsp3) is 0.458. The standard InChI is InChI=1S/C24H29N3O3/c1-18-2-5-22(17-25-18)24(29)26-10-8-20(9-11-26)16-19-3-6-21(7-4-19)23(28)27-12-14-30-15-13-27/h2-7,17,20H,8-16H2,1H3. The zero-order chi connectivity index (χ0) is 20.9. The van der Waals surface area contributed by atoms with Gasteiger partial charge in [0.15, 0.2) is 0 Å². The van der Waals surface area contributed by atoms with E-state index in [1.807, 2.05) is 41.0 Å². The van der Waals surface area contributed by atoms with Gasteiger partial charge in [0, 0.05) is 43.6 Å². The van der Waals surface area contributed by atoms with Crippen LogP contribution < -0.4 is 0 Å². The van der Waals surface area contributed by atoms with E-state index in [9.17, 15) is 9.59 Å². The van der Waals surface area contributed by atoms with E-state index in [1.165, 1.54) is 5.56 Å². The van der Waals surface area contributed by atoms with Gasteiger partial charge in [0.2, 0.25) is 0 Å². The van der Waals surface area contributed by atoms with Crippen LogP contribution in [0.4, 0.5) is 0 Å². The van der Waals surface area contributed by atoms with Crippen molar-refractivity contribution in [1.82, 2.24) is 14.8 Å². The number of pyridine rings is 1. The van der Waals surface area contributed by atoms with Crippen molar-refractivity contribution in [3.05, 3.63) is 65.0 Å². The second-order valence-corrected chi connectivity index (χ2v) is 8.23. The third-order valence-electron chi connectivity index (χ3n) is 6.08. The first-order valence-corrected chi connectivity index (χ1v) is 10.8. The zero-order valence-corrected chi connectivity index (χ0v) is 17.5. The van der Waals surface area contributed by atoms with Crippen LogP contribution in [0.3, 0.4) is 0 Å². The first-order valence-electron chi connectivity index (χ1n) is 10.8. The molecule has 0 aliphatic carbocycles. The molecule has 0 bridgehead atoms. The number of aromatic nitrogens is 1. The van der Waals surface area contributed by atoms with Crippen LogP contribution in [0.5, 0.6) is 0 Å². The predicted octanol–water partition coefficient (Wildman–Crippen LogP) is 2.96. The Morgan fingerprint density at radius 1 is 0.900 bits per heavy atom. The fourth-order valence-electron chi connectivity index (χ4n) is 4.18. The Morgan fingerprint density at radius 3 is 2.13 bits per heavy atom. The largest absolute Gasteiger partial charge is 0.378 e. The molecule has 158 valence electrons. The van der Waals surface area contributed by atoms with Crippen LogP contribution in [0.25, 0.3) is 0 Å². The highest BCUT2D eigenvalue weighted by molar-refractivity contribution is 5.94. The molecule has 2 amide bonds. The van der Waals surface area contributed by atoms with Crippen molar-refractivity contribution in [2.45, 2.75) is 26.2 Å². The summed E-state index contributed by atoms with van der Waals surface area (Å²) in [5, 5.41) is 0. The molecule has 0 saturated carbocycles. The van der Waals surface area contributed by atoms with Gasteiger partial charge in [0.1, 0.15) is 0 Å². The molecule has 1 aromatic carbocycles. The quantitative estimate of drug-likeness (QED) is 0.782. The molecular weight excluding hydrogens is 378 g/mol. The molecule has 0 N–H and O–H groups in total. The number of carbonyl (C=O) groups excluding carboxylic acids is 2. The van der Waals surface area contributed by atoms with Crippen molar-refractivity contribution in [3.63, 3.8) is 0 Å². The lowest BCUT2D eigenvalue weighted by atomic mass is 9.89. The molecule has 30 heavy (non-hydrogen) atoms. The zero-order valence-electron chi connectivity index (χ0n) is 17.5. The van der Waals surface area contributed by atoms with Gasteiger partial charge in [0.05, 0.1) is 18.8 Å². The van der Waals surface area contributed by atoms with E-state index in [-0.39, 0.29) is 11.8 Å². The van der Waals surface area contributed by atoms with Crippen molar-refractivity contribution in [1.29, 1.82) is 0 Å². The second kappa shape index (κ2) is 9.39. The van der Waals surface area contributed by atoms with Gasteiger partial charge in [-0.25, -0.2) is 0 Å². The summed E-state index contributed by atoms with van der Waals surface area (Å²) in [5.41, 5.74) is 3.58. The number of hydrogen-bond acceptors (Lipinski definition) is 4. The van der Waals surface area contributed by atoms with Crippen molar-refractivity contribution in [3.8, 4) is 0 Å². The molecule has 0 spiro atoms. The summed E-state index contributed by atoms with van der Waals surface area (Å²) < 4.78 is 5.32. The van der Waals surface area contributed by atoms with Crippen molar-refractivity contribution in [2.75, 3.05) is 39.4 Å². The Hall–Kier alpha value is -2.73. The number of nitrogens with zero attached hydrogens (tertiary/aromatic N) is 3. The number of aryl methyl sites for hydroxylation is 1. The maximum atomic E-state index is 12.6. The Balaban J connectivity index is 1.28. The molecule has 3 heterocycles. The number of ether oxygens (including phenoxy) is 1. The number of morpholine rings is 1. The minimum atomic E-state index is 0.0759. The van der Waals surface area contributed by atoms with Crippen LogP contribution in [-0.4, -0.2) is 66.0 Å². The number of benzene rings is 1. The number of amides is 2. The van der Waals surface area contributed by atoms with E-state index in [1.54, 1.807) is 6.20 Å². The second-order valence-electron chi connectivity index (χ2n) is 8.23. The third kappa shape index (κ3) is 4.87. The van der Waals surface area contributed by atoms with Crippen LogP contribution in [0.2, 0.25) is 0 Å². The summed E-state index contributed by atoms with van der Waals surface area (Å²) in [5.74, 6) is 0.722. The van der Waals surface area contributed by atoms with Gasteiger partial charge in [-0.15, -0.1) is 0 Å². The maximum Gasteiger partial charge on any atom is 0.255 e. The number of rotatable bonds is 4. The summed E-state index contributed by atoms with van der Waals surface area (Å²) in [6, 6.07) is 11.8. The molecule has 2 aromatic rings. The molecule has 2 aliphatic heterocycles. The van der Waals surface area contributed by atoms with Crippen LogP contribution in [0.1, 0.15) is 44.8 Å². The van der Waals surface area contributed by atoms with Gasteiger partial charge in [-0.05, 0) is 61.9 Å². The number of carbonyl (C=O) groups is 2. The van der Waals surface area contributed by atoms with E-state index in [0.717, 1.165) is 43.6 Å². The van der Waals surface area contributed by atoms with Gasteiger partial charge in [-0.3, -0.25) is 14.6 Å². The molecular formula is C24H29N3O3. The van der Waals surface area contributed by atoms with Gasteiger partial charge in [0.25, 0.3) is 11.8 Å². The lowest BCUT2D eigenvalue weighted by Crippen LogP contribution is -2.40. The lowest BCUT2D eigenvalue weighted by molar-refractivity contribution is 0.0303. The van der Waals surface area contributed by atoms with Gasteiger partial charge in [-0.2, -0.15) is 0 Å². The summed E-state index contributed by atoms with van der Waals surface area (Å²) in [4.78, 5) is 33.2. The van der Waals surface area contributed by atoms with Crippen molar-refractivity contribution >= 4 is 11.8 Å². The number of hydrogen-bond donors (Lipinski definition) is 0. The van der Waals surface area contributed by atoms with Crippen LogP contribution in [0, 0.1) is 12.8 Å². The summed E-state index contributed by atoms with van der Waals surface area (Å²) in [6.07, 6.45) is 4.66. The molecule has 0 atom stereocenters. The number of piperidine rings is 1. The van der Waals surface area contributed by atoms with Gasteiger partial charge < -0.3 is 14.5 Å². The first kappa shape index (κ1) is 20.5. The minimum absolute atomic E-state index is 0.0759. The topological polar surface area (TPSA) is 62.7 Å². The van der Waals surface area contributed by atoms with E-state index in [0.29, 0.717) is 37.8 Å². The van der Waals surface area contributed by atoms with E-state index < -0.39 is 0 Å². The monoisotopic (exact) mass is 407 g/mol. The smallest absolute Gasteiger partial charge is 0.255 e. The molecule has 2 saturated heterocycles. The molecule has 0 unspecified atom stereocenters.